The Morgan fingerprint density at radius 1 is 1.25 bits per heavy atom. The molecule has 0 saturated carbocycles. The highest BCUT2D eigenvalue weighted by Gasteiger charge is 2.14. The van der Waals surface area contributed by atoms with E-state index in [2.05, 4.69) is 9.97 Å². The van der Waals surface area contributed by atoms with Crippen LogP contribution in [-0.2, 0) is 0 Å². The Morgan fingerprint density at radius 3 is 2.80 bits per heavy atom. The minimum atomic E-state index is -1.21. The van der Waals surface area contributed by atoms with Crippen LogP contribution in [0, 0.1) is 5.82 Å². The van der Waals surface area contributed by atoms with Crippen LogP contribution in [0.25, 0.3) is 16.6 Å². The minimum absolute atomic E-state index is 0.172. The maximum Gasteiger partial charge on any atom is 0.334 e. The van der Waals surface area contributed by atoms with Crippen molar-refractivity contribution in [3.8, 4) is 5.69 Å². The van der Waals surface area contributed by atoms with Gasteiger partial charge >= 0.3 is 5.69 Å². The molecule has 0 aliphatic carbocycles. The first-order valence-corrected chi connectivity index (χ1v) is 6.01. The van der Waals surface area contributed by atoms with Gasteiger partial charge in [0.2, 0.25) is 5.82 Å². The number of pyridine rings is 1. The summed E-state index contributed by atoms with van der Waals surface area (Å²) in [6.45, 7) is 0. The first-order chi connectivity index (χ1) is 9.58. The fraction of sp³-hybridized carbons (Fsp3) is 0. The average Bonchev–Trinajstić information content (AvgIpc) is 2.45. The lowest BCUT2D eigenvalue weighted by molar-refractivity contribution is 0.584. The smallest absolute Gasteiger partial charge is 0.295 e. The molecule has 0 saturated heterocycles. The Kier molecular flexibility index (Phi) is 2.87. The molecular formula is C13H7ClFN3O2. The van der Waals surface area contributed by atoms with Crippen molar-refractivity contribution in [2.75, 3.05) is 0 Å². The molecule has 0 atom stereocenters. The maximum absolute atomic E-state index is 13.5. The molecule has 2 heterocycles. The summed E-state index contributed by atoms with van der Waals surface area (Å²) in [5.41, 5.74) is -1.06. The number of nitrogens with zero attached hydrogens (tertiary/aromatic N) is 2. The predicted molar refractivity (Wildman–Crippen MR) is 72.9 cm³/mol. The normalized spacial score (nSPS) is 10.9. The maximum atomic E-state index is 13.5. The van der Waals surface area contributed by atoms with Gasteiger partial charge in [-0.2, -0.15) is 4.39 Å². The van der Waals surface area contributed by atoms with Gasteiger partial charge in [-0.15, -0.1) is 0 Å². The van der Waals surface area contributed by atoms with E-state index in [4.69, 9.17) is 11.6 Å². The predicted octanol–water partition coefficient (Wildman–Crippen LogP) is 1.87. The number of benzene rings is 1. The molecule has 0 amide bonds. The first kappa shape index (κ1) is 12.6. The van der Waals surface area contributed by atoms with Crippen molar-refractivity contribution in [1.29, 1.82) is 0 Å². The van der Waals surface area contributed by atoms with E-state index >= 15 is 0 Å². The fourth-order valence-electron chi connectivity index (χ4n) is 1.91. The quantitative estimate of drug-likeness (QED) is 0.696. The molecule has 0 spiro atoms. The van der Waals surface area contributed by atoms with Crippen molar-refractivity contribution in [1.82, 2.24) is 14.5 Å². The molecular weight excluding hydrogens is 285 g/mol. The van der Waals surface area contributed by atoms with Crippen molar-refractivity contribution in [2.24, 2.45) is 0 Å². The number of aromatic nitrogens is 3. The second kappa shape index (κ2) is 4.57. The van der Waals surface area contributed by atoms with Crippen LogP contribution in [0.1, 0.15) is 0 Å². The summed E-state index contributed by atoms with van der Waals surface area (Å²) in [5, 5.41) is 0.122. The topological polar surface area (TPSA) is 67.8 Å². The number of halogens is 2. The molecule has 5 nitrogen and oxygen atoms in total. The van der Waals surface area contributed by atoms with E-state index < -0.39 is 22.2 Å². The molecule has 3 aromatic rings. The Hall–Kier alpha value is -2.47. The lowest BCUT2D eigenvalue weighted by Crippen LogP contribution is -2.35. The van der Waals surface area contributed by atoms with Crippen LogP contribution >= 0.6 is 11.6 Å². The van der Waals surface area contributed by atoms with Crippen LogP contribution in [0.2, 0.25) is 5.15 Å². The molecule has 2 aromatic heterocycles. The molecule has 0 radical (unpaired) electrons. The van der Waals surface area contributed by atoms with Gasteiger partial charge in [0.15, 0.2) is 5.15 Å². The second-order valence-corrected chi connectivity index (χ2v) is 4.46. The van der Waals surface area contributed by atoms with Gasteiger partial charge in [0.25, 0.3) is 5.56 Å². The number of hydrogen-bond donors (Lipinski definition) is 1. The van der Waals surface area contributed by atoms with Crippen molar-refractivity contribution in [3.63, 3.8) is 0 Å². The van der Waals surface area contributed by atoms with Crippen LogP contribution in [0.15, 0.2) is 46.1 Å². The number of rotatable bonds is 1. The van der Waals surface area contributed by atoms with Gasteiger partial charge in [-0.3, -0.25) is 14.8 Å². The van der Waals surface area contributed by atoms with Crippen LogP contribution < -0.4 is 11.2 Å². The monoisotopic (exact) mass is 291 g/mol. The largest absolute Gasteiger partial charge is 0.334 e. The third-order valence-corrected chi connectivity index (χ3v) is 3.10. The van der Waals surface area contributed by atoms with Crippen molar-refractivity contribution in [2.45, 2.75) is 0 Å². The lowest BCUT2D eigenvalue weighted by Gasteiger charge is -2.06. The zero-order valence-corrected chi connectivity index (χ0v) is 10.7. The minimum Gasteiger partial charge on any atom is -0.295 e. The van der Waals surface area contributed by atoms with Crippen LogP contribution in [0.4, 0.5) is 4.39 Å². The summed E-state index contributed by atoms with van der Waals surface area (Å²) in [5.74, 6) is -1.21. The summed E-state index contributed by atoms with van der Waals surface area (Å²) < 4.78 is 14.2. The zero-order valence-electron chi connectivity index (χ0n) is 9.93. The molecule has 7 heteroatoms. The van der Waals surface area contributed by atoms with E-state index in [1.54, 1.807) is 24.3 Å². The molecule has 0 fully saturated rings. The molecule has 100 valence electrons. The van der Waals surface area contributed by atoms with Gasteiger partial charge in [0.05, 0.1) is 17.4 Å². The number of aromatic amines is 1. The van der Waals surface area contributed by atoms with E-state index in [-0.39, 0.29) is 5.69 Å². The summed E-state index contributed by atoms with van der Waals surface area (Å²) in [7, 11) is 0. The van der Waals surface area contributed by atoms with Crippen LogP contribution in [-0.4, -0.2) is 14.5 Å². The Labute approximate surface area is 116 Å². The van der Waals surface area contributed by atoms with Gasteiger partial charge in [0, 0.05) is 5.39 Å². The van der Waals surface area contributed by atoms with Gasteiger partial charge in [-0.05, 0) is 12.1 Å². The number of H-pyrrole nitrogens is 1. The first-order valence-electron chi connectivity index (χ1n) is 5.63. The molecule has 3 rings (SSSR count). The molecule has 0 bridgehead atoms. The number of hydrogen-bond acceptors (Lipinski definition) is 3. The summed E-state index contributed by atoms with van der Waals surface area (Å²) in [6.07, 6.45) is 1.33. The van der Waals surface area contributed by atoms with E-state index in [0.717, 1.165) is 5.39 Å². The van der Waals surface area contributed by atoms with Gasteiger partial charge in [-0.25, -0.2) is 9.36 Å². The summed E-state index contributed by atoms with van der Waals surface area (Å²) in [6, 6.07) is 8.75. The Morgan fingerprint density at radius 2 is 2.00 bits per heavy atom. The highest BCUT2D eigenvalue weighted by molar-refractivity contribution is 6.29. The van der Waals surface area contributed by atoms with Crippen molar-refractivity contribution >= 4 is 22.5 Å². The molecule has 0 aliphatic rings. The second-order valence-electron chi connectivity index (χ2n) is 4.08. The molecule has 0 unspecified atom stereocenters. The SMILES string of the molecule is O=c1[nH]c(Cl)c(F)c(=O)n1-c1cnc2ccccc2c1. The number of nitrogens with one attached hydrogen (secondary N) is 1. The Balaban J connectivity index is 2.34. The van der Waals surface area contributed by atoms with Crippen LogP contribution in [0.3, 0.4) is 0 Å². The third kappa shape index (κ3) is 1.90. The van der Waals surface area contributed by atoms with Crippen LogP contribution in [0.5, 0.6) is 0 Å². The van der Waals surface area contributed by atoms with Gasteiger partial charge < -0.3 is 0 Å². The zero-order chi connectivity index (χ0) is 14.3. The molecule has 20 heavy (non-hydrogen) atoms. The summed E-state index contributed by atoms with van der Waals surface area (Å²) in [4.78, 5) is 29.8. The third-order valence-electron chi connectivity index (χ3n) is 2.84. The van der Waals surface area contributed by atoms with Crippen molar-refractivity contribution < 1.29 is 4.39 Å². The molecule has 1 aromatic carbocycles. The van der Waals surface area contributed by atoms with Crippen molar-refractivity contribution in [3.05, 3.63) is 68.3 Å². The highest BCUT2D eigenvalue weighted by atomic mass is 35.5. The van der Waals surface area contributed by atoms with E-state index in [1.165, 1.54) is 6.20 Å². The van der Waals surface area contributed by atoms with E-state index in [0.29, 0.717) is 10.1 Å². The fourth-order valence-corrected chi connectivity index (χ4v) is 2.07. The van der Waals surface area contributed by atoms with Gasteiger partial charge in [0.1, 0.15) is 0 Å². The van der Waals surface area contributed by atoms with Gasteiger partial charge in [-0.1, -0.05) is 29.8 Å². The standard InChI is InChI=1S/C13H7ClFN3O2/c14-11-10(15)12(19)18(13(20)17-11)8-5-7-3-1-2-4-9(7)16-6-8/h1-6H,(H,17,20). The molecule has 0 aliphatic heterocycles. The summed E-state index contributed by atoms with van der Waals surface area (Å²) >= 11 is 5.41. The van der Waals surface area contributed by atoms with E-state index in [9.17, 15) is 14.0 Å². The average molecular weight is 292 g/mol. The lowest BCUT2D eigenvalue weighted by atomic mass is 10.2. The molecule has 1 N–H and O–H groups in total. The van der Waals surface area contributed by atoms with E-state index in [1.807, 2.05) is 6.07 Å². The highest BCUT2D eigenvalue weighted by Crippen LogP contribution is 2.14. The number of fused-ring (bicyclic) bond motifs is 1. The number of para-hydroxylation sites is 1. The Bertz CT molecular complexity index is 933.